The van der Waals surface area contributed by atoms with Gasteiger partial charge in [0.05, 0.1) is 17.3 Å². The largest absolute Gasteiger partial charge is 0.494 e. The number of nitrogens with one attached hydrogen (secondary N) is 1. The molecule has 1 N–H and O–H groups in total. The van der Waals surface area contributed by atoms with Gasteiger partial charge in [0.2, 0.25) is 0 Å². The zero-order chi connectivity index (χ0) is 20.3. The number of fused-ring (bicyclic) bond motifs is 3. The Hall–Kier alpha value is -2.34. The third-order valence-corrected chi connectivity index (χ3v) is 6.43. The maximum Gasteiger partial charge on any atom is 0.265 e. The van der Waals surface area contributed by atoms with Crippen molar-refractivity contribution in [2.45, 2.75) is 59.0 Å². The number of rotatable bonds is 8. The van der Waals surface area contributed by atoms with E-state index in [1.807, 2.05) is 28.8 Å². The lowest BCUT2D eigenvalue weighted by Gasteiger charge is -2.14. The Bertz CT molecular complexity index is 1050. The molecule has 28 heavy (non-hydrogen) atoms. The first kappa shape index (κ1) is 20.4. The lowest BCUT2D eigenvalue weighted by molar-refractivity contribution is 0.0936. The maximum absolute atomic E-state index is 13.4. The number of nitrogens with zero attached hydrogens (tertiary/aromatic N) is 1. The van der Waals surface area contributed by atoms with Gasteiger partial charge in [-0.2, -0.15) is 0 Å². The highest BCUT2D eigenvalue weighted by Gasteiger charge is 2.25. The Morgan fingerprint density at radius 2 is 1.93 bits per heavy atom. The van der Waals surface area contributed by atoms with Gasteiger partial charge in [0.1, 0.15) is 10.3 Å². The van der Waals surface area contributed by atoms with Crippen molar-refractivity contribution in [2.75, 3.05) is 7.11 Å². The normalized spacial score (nSPS) is 11.5. The Balaban J connectivity index is 2.27. The summed E-state index contributed by atoms with van der Waals surface area (Å²) in [5, 5.41) is 4.56. The Labute approximate surface area is 169 Å². The molecule has 0 unspecified atom stereocenters. The van der Waals surface area contributed by atoms with Crippen LogP contribution in [0.15, 0.2) is 29.1 Å². The van der Waals surface area contributed by atoms with Crippen molar-refractivity contribution in [2.24, 2.45) is 0 Å². The predicted molar refractivity (Wildman–Crippen MR) is 117 cm³/mol. The molecule has 2 aromatic heterocycles. The van der Waals surface area contributed by atoms with E-state index in [1.54, 1.807) is 0 Å². The number of aryl methyl sites for hydroxylation is 1. The Morgan fingerprint density at radius 1 is 1.21 bits per heavy atom. The van der Waals surface area contributed by atoms with E-state index in [0.717, 1.165) is 41.3 Å². The molecule has 3 aromatic rings. The molecular formula is C22H28N2O3S. The van der Waals surface area contributed by atoms with Crippen molar-refractivity contribution in [3.05, 3.63) is 39.5 Å². The fourth-order valence-corrected chi connectivity index (χ4v) is 4.77. The predicted octanol–water partition coefficient (Wildman–Crippen LogP) is 4.94. The zero-order valence-corrected chi connectivity index (χ0v) is 17.8. The SMILES string of the molecule is CCCCn1c(=O)c2c(OC)c(C(=O)NC(CC)CC)sc2c2ccccc21. The number of aromatic nitrogens is 1. The summed E-state index contributed by atoms with van der Waals surface area (Å²) < 4.78 is 8.23. The number of ether oxygens (including phenoxy) is 1. The first-order valence-electron chi connectivity index (χ1n) is 10.00. The van der Waals surface area contributed by atoms with E-state index < -0.39 is 0 Å². The van der Waals surface area contributed by atoms with Crippen LogP contribution in [0.25, 0.3) is 21.0 Å². The van der Waals surface area contributed by atoms with Gasteiger partial charge in [-0.05, 0) is 25.3 Å². The summed E-state index contributed by atoms with van der Waals surface area (Å²) >= 11 is 1.35. The van der Waals surface area contributed by atoms with Gasteiger partial charge in [0.15, 0.2) is 5.75 Å². The molecule has 5 nitrogen and oxygen atoms in total. The summed E-state index contributed by atoms with van der Waals surface area (Å²) in [6, 6.07) is 8.01. The third kappa shape index (κ3) is 3.53. The van der Waals surface area contributed by atoms with Gasteiger partial charge in [0, 0.05) is 18.0 Å². The van der Waals surface area contributed by atoms with Crippen LogP contribution < -0.4 is 15.6 Å². The minimum absolute atomic E-state index is 0.0863. The van der Waals surface area contributed by atoms with Crippen molar-refractivity contribution >= 4 is 38.2 Å². The number of amides is 1. The van der Waals surface area contributed by atoms with Gasteiger partial charge in [-0.3, -0.25) is 9.59 Å². The number of unbranched alkanes of at least 4 members (excludes halogenated alkanes) is 1. The number of hydrogen-bond donors (Lipinski definition) is 1. The van der Waals surface area contributed by atoms with Gasteiger partial charge >= 0.3 is 0 Å². The number of pyridine rings is 1. The Morgan fingerprint density at radius 3 is 2.57 bits per heavy atom. The van der Waals surface area contributed by atoms with E-state index in [2.05, 4.69) is 26.1 Å². The molecule has 0 saturated heterocycles. The van der Waals surface area contributed by atoms with Crippen LogP contribution in [0.4, 0.5) is 0 Å². The molecule has 0 atom stereocenters. The highest BCUT2D eigenvalue weighted by Crippen LogP contribution is 2.39. The van der Waals surface area contributed by atoms with Crippen LogP contribution in [0.2, 0.25) is 0 Å². The molecule has 0 aliphatic carbocycles. The van der Waals surface area contributed by atoms with Crippen LogP contribution in [0.3, 0.4) is 0 Å². The summed E-state index contributed by atoms with van der Waals surface area (Å²) in [6.45, 7) is 6.87. The van der Waals surface area contributed by atoms with Gasteiger partial charge in [-0.15, -0.1) is 11.3 Å². The second-order valence-electron chi connectivity index (χ2n) is 6.98. The van der Waals surface area contributed by atoms with Gasteiger partial charge in [-0.1, -0.05) is 45.4 Å². The van der Waals surface area contributed by atoms with Crippen LogP contribution >= 0.6 is 11.3 Å². The fourth-order valence-electron chi connectivity index (χ4n) is 3.57. The van der Waals surface area contributed by atoms with Crippen molar-refractivity contribution in [3.8, 4) is 5.75 Å². The minimum atomic E-state index is -0.171. The average Bonchev–Trinajstić information content (AvgIpc) is 3.12. The number of para-hydroxylation sites is 1. The van der Waals surface area contributed by atoms with Gasteiger partial charge in [-0.25, -0.2) is 0 Å². The lowest BCUT2D eigenvalue weighted by Crippen LogP contribution is -2.33. The van der Waals surface area contributed by atoms with Crippen LogP contribution in [0, 0.1) is 0 Å². The lowest BCUT2D eigenvalue weighted by atomic mass is 10.1. The van der Waals surface area contributed by atoms with Crippen LogP contribution in [-0.2, 0) is 6.54 Å². The molecule has 0 bridgehead atoms. The number of hydrogen-bond acceptors (Lipinski definition) is 4. The van der Waals surface area contributed by atoms with Gasteiger partial charge < -0.3 is 14.6 Å². The standard InChI is InChI=1S/C22H28N2O3S/c1-5-8-13-24-16-12-10-9-11-15(16)19-17(22(24)26)18(27-4)20(28-19)21(25)23-14(6-2)7-3/h9-12,14H,5-8,13H2,1-4H3,(H,23,25). The Kier molecular flexibility index (Phi) is 6.39. The number of carbonyl (C=O) groups is 1. The summed E-state index contributed by atoms with van der Waals surface area (Å²) in [5.41, 5.74) is 0.820. The van der Waals surface area contributed by atoms with E-state index in [0.29, 0.717) is 22.6 Å². The van der Waals surface area contributed by atoms with Crippen LogP contribution in [0.5, 0.6) is 5.75 Å². The molecule has 1 aromatic carbocycles. The molecule has 0 radical (unpaired) electrons. The van der Waals surface area contributed by atoms with E-state index in [4.69, 9.17) is 4.74 Å². The first-order chi connectivity index (χ1) is 13.6. The molecule has 150 valence electrons. The van der Waals surface area contributed by atoms with Crippen LogP contribution in [-0.4, -0.2) is 23.6 Å². The molecule has 3 rings (SSSR count). The third-order valence-electron chi connectivity index (χ3n) is 5.23. The minimum Gasteiger partial charge on any atom is -0.494 e. The monoisotopic (exact) mass is 400 g/mol. The van der Waals surface area contributed by atoms with Crippen molar-refractivity contribution in [3.63, 3.8) is 0 Å². The maximum atomic E-state index is 13.4. The van der Waals surface area contributed by atoms with E-state index >= 15 is 0 Å². The topological polar surface area (TPSA) is 60.3 Å². The zero-order valence-electron chi connectivity index (χ0n) is 17.0. The van der Waals surface area contributed by atoms with Gasteiger partial charge in [0.25, 0.3) is 11.5 Å². The number of benzene rings is 1. The molecule has 0 aliphatic heterocycles. The van der Waals surface area contributed by atoms with E-state index in [1.165, 1.54) is 18.4 Å². The number of methoxy groups -OCH3 is 1. The second kappa shape index (κ2) is 8.78. The summed E-state index contributed by atoms with van der Waals surface area (Å²) in [7, 11) is 1.53. The molecule has 0 spiro atoms. The second-order valence-corrected chi connectivity index (χ2v) is 8.00. The van der Waals surface area contributed by atoms with Crippen molar-refractivity contribution < 1.29 is 9.53 Å². The molecule has 6 heteroatoms. The highest BCUT2D eigenvalue weighted by molar-refractivity contribution is 7.22. The van der Waals surface area contributed by atoms with Crippen molar-refractivity contribution in [1.82, 2.24) is 9.88 Å². The molecule has 2 heterocycles. The molecule has 0 saturated carbocycles. The van der Waals surface area contributed by atoms with E-state index in [9.17, 15) is 9.59 Å². The molecule has 1 amide bonds. The summed E-state index contributed by atoms with van der Waals surface area (Å²) in [6.07, 6.45) is 3.65. The average molecular weight is 401 g/mol. The molecule has 0 aliphatic rings. The number of carbonyl (C=O) groups excluding carboxylic acids is 1. The smallest absolute Gasteiger partial charge is 0.265 e. The quantitative estimate of drug-likeness (QED) is 0.582. The summed E-state index contributed by atoms with van der Waals surface area (Å²) in [5.74, 6) is 0.222. The summed E-state index contributed by atoms with van der Waals surface area (Å²) in [4.78, 5) is 26.8. The van der Waals surface area contributed by atoms with E-state index in [-0.39, 0.29) is 17.5 Å². The van der Waals surface area contributed by atoms with Crippen LogP contribution in [0.1, 0.15) is 56.1 Å². The molecule has 0 fully saturated rings. The number of thiophene rings is 1. The first-order valence-corrected chi connectivity index (χ1v) is 10.8. The highest BCUT2D eigenvalue weighted by atomic mass is 32.1. The van der Waals surface area contributed by atoms with Crippen molar-refractivity contribution in [1.29, 1.82) is 0 Å². The fraction of sp³-hybridized carbons (Fsp3) is 0.455. The molecular weight excluding hydrogens is 372 g/mol.